The van der Waals surface area contributed by atoms with Crippen molar-refractivity contribution in [1.29, 1.82) is 0 Å². The van der Waals surface area contributed by atoms with Gasteiger partial charge in [-0.3, -0.25) is 9.78 Å². The molecule has 0 saturated heterocycles. The minimum atomic E-state index is -0.198. The summed E-state index contributed by atoms with van der Waals surface area (Å²) in [6.07, 6.45) is 5.76. The van der Waals surface area contributed by atoms with Crippen molar-refractivity contribution in [1.82, 2.24) is 20.3 Å². The highest BCUT2D eigenvalue weighted by molar-refractivity contribution is 7.11. The Bertz CT molecular complexity index is 887. The normalized spacial score (nSPS) is 11.4. The molecule has 0 aromatic carbocycles. The summed E-state index contributed by atoms with van der Waals surface area (Å²) in [5, 5.41) is 8.80. The van der Waals surface area contributed by atoms with Crippen molar-refractivity contribution in [2.24, 2.45) is 0 Å². The van der Waals surface area contributed by atoms with Crippen molar-refractivity contribution < 1.29 is 4.79 Å². The van der Waals surface area contributed by atoms with Crippen molar-refractivity contribution in [3.8, 4) is 0 Å². The molecule has 1 amide bonds. The Morgan fingerprint density at radius 2 is 2.07 bits per heavy atom. The monoisotopic (exact) mass is 423 g/mol. The molecule has 9 heteroatoms. The van der Waals surface area contributed by atoms with Crippen LogP contribution in [0.3, 0.4) is 0 Å². The van der Waals surface area contributed by atoms with Gasteiger partial charge in [0.2, 0.25) is 0 Å². The number of hydrogen-bond acceptors (Lipinski definition) is 6. The average molecular weight is 424 g/mol. The molecule has 0 unspecified atom stereocenters. The molecule has 0 aliphatic carbocycles. The quantitative estimate of drug-likeness (QED) is 0.586. The van der Waals surface area contributed by atoms with Crippen LogP contribution in [0.2, 0.25) is 5.02 Å². The second-order valence-electron chi connectivity index (χ2n) is 5.68. The van der Waals surface area contributed by atoms with Gasteiger partial charge < -0.3 is 10.6 Å². The molecule has 0 aliphatic rings. The molecule has 6 nitrogen and oxygen atoms in total. The Morgan fingerprint density at radius 3 is 2.67 bits per heavy atom. The molecule has 3 aromatic heterocycles. The van der Waals surface area contributed by atoms with Crippen molar-refractivity contribution >= 4 is 52.8 Å². The maximum absolute atomic E-state index is 12.2. The van der Waals surface area contributed by atoms with E-state index in [1.807, 2.05) is 32.0 Å². The summed E-state index contributed by atoms with van der Waals surface area (Å²) >= 11 is 7.69. The molecule has 2 N–H and O–H groups in total. The number of aryl methyl sites for hydroxylation is 1. The van der Waals surface area contributed by atoms with E-state index in [0.717, 1.165) is 16.9 Å². The maximum Gasteiger partial charge on any atom is 0.280 e. The first-order valence-electron chi connectivity index (χ1n) is 8.12. The predicted molar refractivity (Wildman–Crippen MR) is 111 cm³/mol. The molecule has 27 heavy (non-hydrogen) atoms. The fourth-order valence-electron chi connectivity index (χ4n) is 2.39. The first-order chi connectivity index (χ1) is 12.6. The predicted octanol–water partition coefficient (Wildman–Crippen LogP) is 4.94. The average Bonchev–Trinajstić information content (AvgIpc) is 3.18. The maximum atomic E-state index is 12.2. The Labute approximate surface area is 172 Å². The number of aromatic nitrogens is 3. The van der Waals surface area contributed by atoms with Crippen LogP contribution < -0.4 is 10.6 Å². The summed E-state index contributed by atoms with van der Waals surface area (Å²) in [5.41, 5.74) is 2.59. The summed E-state index contributed by atoms with van der Waals surface area (Å²) in [6, 6.07) is 5.45. The number of anilines is 2. The van der Waals surface area contributed by atoms with E-state index < -0.39 is 0 Å². The molecule has 3 aromatic rings. The van der Waals surface area contributed by atoms with Crippen molar-refractivity contribution in [3.63, 3.8) is 0 Å². The summed E-state index contributed by atoms with van der Waals surface area (Å²) in [6.45, 7) is 3.92. The number of carbonyl (C=O) groups is 1. The SMILES string of the molecule is CC[C@@H](NC(=O)c1nccs1)c1cnc(Nc2ccc(C)nc2)c(Cl)c1.Cl. The molecular formula is C18H19Cl2N5OS. The third-order valence-corrected chi connectivity index (χ3v) is 4.84. The largest absolute Gasteiger partial charge is 0.343 e. The highest BCUT2D eigenvalue weighted by Gasteiger charge is 2.17. The number of hydrogen-bond donors (Lipinski definition) is 2. The van der Waals surface area contributed by atoms with Crippen molar-refractivity contribution in [2.75, 3.05) is 5.32 Å². The van der Waals surface area contributed by atoms with Crippen LogP contribution in [0.25, 0.3) is 0 Å². The van der Waals surface area contributed by atoms with Gasteiger partial charge in [-0.25, -0.2) is 9.97 Å². The van der Waals surface area contributed by atoms with Crippen LogP contribution in [0, 0.1) is 6.92 Å². The molecule has 1 atom stereocenters. The molecule has 3 rings (SSSR count). The molecule has 0 aliphatic heterocycles. The molecule has 0 saturated carbocycles. The summed E-state index contributed by atoms with van der Waals surface area (Å²) < 4.78 is 0. The highest BCUT2D eigenvalue weighted by atomic mass is 35.5. The lowest BCUT2D eigenvalue weighted by Gasteiger charge is -2.17. The minimum absolute atomic E-state index is 0. The lowest BCUT2D eigenvalue weighted by Crippen LogP contribution is -2.28. The zero-order valence-corrected chi connectivity index (χ0v) is 17.2. The fourth-order valence-corrected chi connectivity index (χ4v) is 3.15. The zero-order chi connectivity index (χ0) is 18.5. The summed E-state index contributed by atoms with van der Waals surface area (Å²) in [5.74, 6) is 0.345. The zero-order valence-electron chi connectivity index (χ0n) is 14.8. The number of pyridine rings is 2. The number of thiazole rings is 1. The van der Waals surface area contributed by atoms with E-state index in [2.05, 4.69) is 25.6 Å². The molecule has 142 valence electrons. The molecule has 0 bridgehead atoms. The van der Waals surface area contributed by atoms with E-state index >= 15 is 0 Å². The second-order valence-corrected chi connectivity index (χ2v) is 6.99. The van der Waals surface area contributed by atoms with Gasteiger partial charge in [-0.2, -0.15) is 0 Å². The number of rotatable bonds is 6. The lowest BCUT2D eigenvalue weighted by molar-refractivity contribution is 0.0935. The van der Waals surface area contributed by atoms with Gasteiger partial charge in [0.1, 0.15) is 5.82 Å². The third kappa shape index (κ3) is 5.38. The van der Waals surface area contributed by atoms with Gasteiger partial charge in [0.05, 0.1) is 22.9 Å². The van der Waals surface area contributed by atoms with Gasteiger partial charge in [-0.1, -0.05) is 18.5 Å². The molecular weight excluding hydrogens is 405 g/mol. The fraction of sp³-hybridized carbons (Fsp3) is 0.222. The van der Waals surface area contributed by atoms with E-state index in [0.29, 0.717) is 22.3 Å². The first kappa shape index (κ1) is 21.1. The van der Waals surface area contributed by atoms with Crippen LogP contribution in [0.5, 0.6) is 0 Å². The third-order valence-electron chi connectivity index (χ3n) is 3.78. The minimum Gasteiger partial charge on any atom is -0.343 e. The number of carbonyl (C=O) groups excluding carboxylic acids is 1. The van der Waals surface area contributed by atoms with Crippen molar-refractivity contribution in [2.45, 2.75) is 26.3 Å². The topological polar surface area (TPSA) is 79.8 Å². The van der Waals surface area contributed by atoms with Gasteiger partial charge in [0.25, 0.3) is 5.91 Å². The summed E-state index contributed by atoms with van der Waals surface area (Å²) in [7, 11) is 0. The van der Waals surface area contributed by atoms with Crippen LogP contribution in [0.1, 0.15) is 40.4 Å². The highest BCUT2D eigenvalue weighted by Crippen LogP contribution is 2.27. The van der Waals surface area contributed by atoms with Crippen LogP contribution >= 0.6 is 35.3 Å². The smallest absolute Gasteiger partial charge is 0.280 e. The number of halogens is 2. The van der Waals surface area contributed by atoms with E-state index in [-0.39, 0.29) is 24.4 Å². The van der Waals surface area contributed by atoms with E-state index in [1.54, 1.807) is 24.0 Å². The molecule has 0 radical (unpaired) electrons. The van der Waals surface area contributed by atoms with Gasteiger partial charge in [-0.05, 0) is 37.1 Å². The van der Waals surface area contributed by atoms with E-state index in [1.165, 1.54) is 11.3 Å². The molecule has 3 heterocycles. The standard InChI is InChI=1S/C18H18ClN5OS.ClH/c1-3-15(24-17(25)18-20-6-7-26-18)12-8-14(19)16(22-9-12)23-13-5-4-11(2)21-10-13;/h4-10,15H,3H2,1-2H3,(H,22,23)(H,24,25);1H/t15-;/m1./s1. The van der Waals surface area contributed by atoms with Crippen LogP contribution in [-0.4, -0.2) is 20.9 Å². The number of nitrogens with zero attached hydrogens (tertiary/aromatic N) is 3. The Hall–Kier alpha value is -2.22. The van der Waals surface area contributed by atoms with Gasteiger partial charge in [0, 0.05) is 23.5 Å². The Kier molecular flexibility index (Phi) is 7.53. The van der Waals surface area contributed by atoms with Gasteiger partial charge in [0.15, 0.2) is 5.01 Å². The summed E-state index contributed by atoms with van der Waals surface area (Å²) in [4.78, 5) is 24.9. The van der Waals surface area contributed by atoms with Gasteiger partial charge in [-0.15, -0.1) is 23.7 Å². The second kappa shape index (κ2) is 9.64. The van der Waals surface area contributed by atoms with E-state index in [9.17, 15) is 4.79 Å². The number of amides is 1. The molecule has 0 fully saturated rings. The lowest BCUT2D eigenvalue weighted by atomic mass is 10.1. The first-order valence-corrected chi connectivity index (χ1v) is 9.38. The Morgan fingerprint density at radius 1 is 1.26 bits per heavy atom. The van der Waals surface area contributed by atoms with Gasteiger partial charge >= 0.3 is 0 Å². The van der Waals surface area contributed by atoms with E-state index in [4.69, 9.17) is 11.6 Å². The Balaban J connectivity index is 0.00000261. The number of nitrogens with one attached hydrogen (secondary N) is 2. The van der Waals surface area contributed by atoms with Crippen molar-refractivity contribution in [3.05, 3.63) is 63.5 Å². The van der Waals surface area contributed by atoms with Crippen LogP contribution in [-0.2, 0) is 0 Å². The molecule has 0 spiro atoms. The van der Waals surface area contributed by atoms with Crippen LogP contribution in [0.15, 0.2) is 42.2 Å². The van der Waals surface area contributed by atoms with Crippen LogP contribution in [0.4, 0.5) is 11.5 Å².